The highest BCUT2D eigenvalue weighted by Crippen LogP contribution is 2.07. The summed E-state index contributed by atoms with van der Waals surface area (Å²) in [6, 6.07) is 0. The molecule has 0 fully saturated rings. The molecule has 0 aliphatic carbocycles. The lowest BCUT2D eigenvalue weighted by Crippen LogP contribution is -2.42. The second kappa shape index (κ2) is 14.2. The summed E-state index contributed by atoms with van der Waals surface area (Å²) in [5.74, 6) is -2.20. The minimum Gasteiger partial charge on any atom is -0.469 e. The molecule has 0 spiro atoms. The maximum atomic E-state index is 12.0. The lowest BCUT2D eigenvalue weighted by atomic mass is 10.1. The van der Waals surface area contributed by atoms with E-state index < -0.39 is 47.1 Å². The van der Waals surface area contributed by atoms with Crippen molar-refractivity contribution in [3.8, 4) is 0 Å². The summed E-state index contributed by atoms with van der Waals surface area (Å²) in [4.78, 5) is 59.0. The number of carbonyl (C=O) groups excluding carboxylic acids is 5. The summed E-state index contributed by atoms with van der Waals surface area (Å²) in [7, 11) is 1.20. The van der Waals surface area contributed by atoms with Crippen molar-refractivity contribution in [2.24, 2.45) is 5.92 Å². The highest BCUT2D eigenvalue weighted by Gasteiger charge is 2.22. The van der Waals surface area contributed by atoms with Crippen LogP contribution in [0.25, 0.3) is 0 Å². The van der Waals surface area contributed by atoms with Crippen molar-refractivity contribution in [2.75, 3.05) is 33.3 Å². The monoisotopic (exact) mass is 474 g/mol. The van der Waals surface area contributed by atoms with Crippen molar-refractivity contribution >= 4 is 30.0 Å². The predicted octanol–water partition coefficient (Wildman–Crippen LogP) is 0.838. The molecular weight excluding hydrogens is 436 g/mol. The smallest absolute Gasteiger partial charge is 0.407 e. The molecular formula is C21H38N4O8. The molecule has 0 aliphatic heterocycles. The third-order valence-electron chi connectivity index (χ3n) is 3.67. The Kier molecular flexibility index (Phi) is 12.9. The minimum atomic E-state index is -0.805. The number of methoxy groups -OCH3 is 1. The molecule has 190 valence electrons. The molecule has 0 aromatic rings. The number of alkyl carbamates (subject to hydrolysis) is 2. The van der Waals surface area contributed by atoms with Gasteiger partial charge in [0.05, 0.1) is 13.0 Å². The van der Waals surface area contributed by atoms with Gasteiger partial charge in [0.15, 0.2) is 0 Å². The Bertz CT molecular complexity index is 633. The molecule has 0 bridgehead atoms. The number of amides is 4. The average Bonchev–Trinajstić information content (AvgIpc) is 2.64. The van der Waals surface area contributed by atoms with Gasteiger partial charge in [0.1, 0.15) is 11.2 Å². The van der Waals surface area contributed by atoms with Crippen LogP contribution in [0.1, 0.15) is 54.4 Å². The summed E-state index contributed by atoms with van der Waals surface area (Å²) < 4.78 is 14.8. The maximum Gasteiger partial charge on any atom is 0.407 e. The fourth-order valence-corrected chi connectivity index (χ4v) is 2.24. The van der Waals surface area contributed by atoms with Gasteiger partial charge in [-0.3, -0.25) is 14.4 Å². The summed E-state index contributed by atoms with van der Waals surface area (Å²) in [6.45, 7) is 10.3. The zero-order chi connectivity index (χ0) is 25.7. The largest absolute Gasteiger partial charge is 0.469 e. The normalized spacial score (nSPS) is 11.3. The van der Waals surface area contributed by atoms with Crippen LogP contribution in [0.3, 0.4) is 0 Å². The number of nitrogens with one attached hydrogen (secondary N) is 4. The maximum absolute atomic E-state index is 12.0. The fraction of sp³-hybridized carbons (Fsp3) is 0.762. The number of hydrogen-bond donors (Lipinski definition) is 4. The molecule has 0 aromatic carbocycles. The highest BCUT2D eigenvalue weighted by atomic mass is 16.6. The third-order valence-corrected chi connectivity index (χ3v) is 3.67. The van der Waals surface area contributed by atoms with Crippen LogP contribution in [0.2, 0.25) is 0 Å². The van der Waals surface area contributed by atoms with E-state index in [2.05, 4.69) is 21.3 Å². The Morgan fingerprint density at radius 1 is 0.667 bits per heavy atom. The Hall–Kier alpha value is -3.05. The van der Waals surface area contributed by atoms with E-state index in [1.54, 1.807) is 41.5 Å². The SMILES string of the molecule is COC(=O)C(CNC(=O)CCNC(=O)OC(C)(C)C)CNC(=O)CCNC(=O)OC(C)(C)C. The molecule has 0 atom stereocenters. The van der Waals surface area contributed by atoms with Gasteiger partial charge in [-0.2, -0.15) is 0 Å². The Morgan fingerprint density at radius 3 is 1.33 bits per heavy atom. The van der Waals surface area contributed by atoms with Crippen LogP contribution in [0.4, 0.5) is 9.59 Å². The zero-order valence-electron chi connectivity index (χ0n) is 20.6. The number of carbonyl (C=O) groups is 5. The van der Waals surface area contributed by atoms with Crippen molar-refractivity contribution in [1.29, 1.82) is 0 Å². The van der Waals surface area contributed by atoms with Gasteiger partial charge in [0, 0.05) is 39.0 Å². The van der Waals surface area contributed by atoms with E-state index in [0.29, 0.717) is 0 Å². The average molecular weight is 475 g/mol. The molecule has 4 N–H and O–H groups in total. The predicted molar refractivity (Wildman–Crippen MR) is 119 cm³/mol. The van der Waals surface area contributed by atoms with E-state index in [1.165, 1.54) is 7.11 Å². The van der Waals surface area contributed by atoms with E-state index in [1.807, 2.05) is 0 Å². The zero-order valence-corrected chi connectivity index (χ0v) is 20.6. The highest BCUT2D eigenvalue weighted by molar-refractivity contribution is 5.80. The molecule has 0 aromatic heterocycles. The van der Waals surface area contributed by atoms with Crippen molar-refractivity contribution in [2.45, 2.75) is 65.6 Å². The van der Waals surface area contributed by atoms with Crippen LogP contribution in [-0.4, -0.2) is 74.5 Å². The second-order valence-corrected chi connectivity index (χ2v) is 9.19. The summed E-state index contributed by atoms with van der Waals surface area (Å²) in [6.07, 6.45) is -1.30. The van der Waals surface area contributed by atoms with Gasteiger partial charge < -0.3 is 35.5 Å². The van der Waals surface area contributed by atoms with Gasteiger partial charge in [-0.1, -0.05) is 0 Å². The Morgan fingerprint density at radius 2 is 1.03 bits per heavy atom. The van der Waals surface area contributed by atoms with Crippen molar-refractivity contribution in [3.63, 3.8) is 0 Å². The molecule has 0 saturated heterocycles. The lowest BCUT2D eigenvalue weighted by Gasteiger charge is -2.20. The number of rotatable bonds is 11. The first kappa shape index (κ1) is 29.9. The molecule has 0 radical (unpaired) electrons. The van der Waals surface area contributed by atoms with Gasteiger partial charge in [0.25, 0.3) is 0 Å². The molecule has 0 saturated carbocycles. The van der Waals surface area contributed by atoms with E-state index in [-0.39, 0.29) is 39.0 Å². The standard InChI is InChI=1S/C21H38N4O8/c1-20(2,3)32-18(29)22-10-8-15(26)24-12-14(17(28)31-7)13-25-16(27)9-11-23-19(30)33-21(4,5)6/h14H,8-13H2,1-7H3,(H,22,29)(H,23,30)(H,24,26)(H,25,27). The van der Waals surface area contributed by atoms with Crippen LogP contribution in [-0.2, 0) is 28.6 Å². The number of hydrogen-bond acceptors (Lipinski definition) is 8. The molecule has 0 aliphatic rings. The van der Waals surface area contributed by atoms with Gasteiger partial charge >= 0.3 is 18.2 Å². The Balaban J connectivity index is 4.31. The van der Waals surface area contributed by atoms with Gasteiger partial charge in [0.2, 0.25) is 11.8 Å². The quantitative estimate of drug-likeness (QED) is 0.253. The third kappa shape index (κ3) is 17.2. The molecule has 0 unspecified atom stereocenters. The summed E-state index contributed by atoms with van der Waals surface area (Å²) in [5.41, 5.74) is -1.29. The summed E-state index contributed by atoms with van der Waals surface area (Å²) >= 11 is 0. The lowest BCUT2D eigenvalue weighted by molar-refractivity contribution is -0.145. The van der Waals surface area contributed by atoms with Crippen molar-refractivity contribution in [3.05, 3.63) is 0 Å². The minimum absolute atomic E-state index is 0.0180. The number of esters is 1. The Labute approximate surface area is 194 Å². The topological polar surface area (TPSA) is 161 Å². The van der Waals surface area contributed by atoms with Crippen LogP contribution < -0.4 is 21.3 Å². The van der Waals surface area contributed by atoms with Crippen LogP contribution in [0, 0.1) is 5.92 Å². The van der Waals surface area contributed by atoms with Crippen LogP contribution in [0.15, 0.2) is 0 Å². The van der Waals surface area contributed by atoms with Gasteiger partial charge in [-0.25, -0.2) is 9.59 Å². The molecule has 0 rings (SSSR count). The van der Waals surface area contributed by atoms with E-state index in [4.69, 9.17) is 14.2 Å². The van der Waals surface area contributed by atoms with E-state index in [9.17, 15) is 24.0 Å². The van der Waals surface area contributed by atoms with E-state index in [0.717, 1.165) is 0 Å². The fourth-order valence-electron chi connectivity index (χ4n) is 2.24. The van der Waals surface area contributed by atoms with E-state index >= 15 is 0 Å². The van der Waals surface area contributed by atoms with Crippen LogP contribution in [0.5, 0.6) is 0 Å². The molecule has 33 heavy (non-hydrogen) atoms. The first-order chi connectivity index (χ1) is 15.1. The number of ether oxygens (including phenoxy) is 3. The second-order valence-electron chi connectivity index (χ2n) is 9.19. The molecule has 12 heteroatoms. The first-order valence-electron chi connectivity index (χ1n) is 10.7. The van der Waals surface area contributed by atoms with Gasteiger partial charge in [-0.05, 0) is 41.5 Å². The first-order valence-corrected chi connectivity index (χ1v) is 10.7. The molecule has 4 amide bonds. The van der Waals surface area contributed by atoms with Crippen molar-refractivity contribution < 1.29 is 38.2 Å². The molecule has 12 nitrogen and oxygen atoms in total. The molecule has 0 heterocycles. The summed E-state index contributed by atoms with van der Waals surface area (Å²) in [5, 5.41) is 10.1. The van der Waals surface area contributed by atoms with Crippen molar-refractivity contribution in [1.82, 2.24) is 21.3 Å². The van der Waals surface area contributed by atoms with Crippen LogP contribution >= 0.6 is 0 Å². The van der Waals surface area contributed by atoms with Gasteiger partial charge in [-0.15, -0.1) is 0 Å².